The molecule has 4 rings (SSSR count). The SMILES string of the molecule is CC1(C)CC2CC(C)(C)[N-]C2=N1.CC1(C)CC2CC(C)(C)[N-]C2=N1.[Mg+2]. The van der Waals surface area contributed by atoms with Gasteiger partial charge < -0.3 is 20.6 Å². The molecule has 0 aromatic carbocycles. The zero-order chi connectivity index (χ0) is 18.0. The summed E-state index contributed by atoms with van der Waals surface area (Å²) in [6, 6.07) is 0. The molecule has 0 aromatic rings. The van der Waals surface area contributed by atoms with Crippen LogP contribution in [0.15, 0.2) is 9.98 Å². The van der Waals surface area contributed by atoms with Crippen molar-refractivity contribution in [2.75, 3.05) is 0 Å². The van der Waals surface area contributed by atoms with Crippen LogP contribution in [-0.2, 0) is 0 Å². The van der Waals surface area contributed by atoms with Crippen LogP contribution in [0.25, 0.3) is 10.6 Å². The zero-order valence-electron chi connectivity index (χ0n) is 17.5. The summed E-state index contributed by atoms with van der Waals surface area (Å²) >= 11 is 0. The van der Waals surface area contributed by atoms with Gasteiger partial charge in [-0.05, 0) is 59.7 Å². The van der Waals surface area contributed by atoms with Gasteiger partial charge in [-0.25, -0.2) is 0 Å². The Morgan fingerprint density at radius 2 is 0.960 bits per heavy atom. The van der Waals surface area contributed by atoms with Gasteiger partial charge in [0.1, 0.15) is 0 Å². The summed E-state index contributed by atoms with van der Waals surface area (Å²) in [6.07, 6.45) is 4.76. The van der Waals surface area contributed by atoms with Gasteiger partial charge in [-0.2, -0.15) is 0 Å². The maximum absolute atomic E-state index is 4.63. The van der Waals surface area contributed by atoms with Gasteiger partial charge in [0, 0.05) is 0 Å². The zero-order valence-corrected chi connectivity index (χ0v) is 18.9. The fraction of sp³-hybridized carbons (Fsp3) is 0.900. The summed E-state index contributed by atoms with van der Waals surface area (Å²) in [7, 11) is 0. The maximum Gasteiger partial charge on any atom is 2.00 e. The molecule has 0 aliphatic carbocycles. The van der Waals surface area contributed by atoms with E-state index in [1.165, 1.54) is 25.7 Å². The normalized spacial score (nSPS) is 34.2. The molecule has 136 valence electrons. The summed E-state index contributed by atoms with van der Waals surface area (Å²) < 4.78 is 0. The molecule has 0 bridgehead atoms. The van der Waals surface area contributed by atoms with E-state index >= 15 is 0 Å². The van der Waals surface area contributed by atoms with Crippen LogP contribution >= 0.6 is 0 Å². The van der Waals surface area contributed by atoms with E-state index < -0.39 is 0 Å². The van der Waals surface area contributed by atoms with Crippen LogP contribution < -0.4 is 0 Å². The number of hydrogen-bond acceptors (Lipinski definition) is 2. The molecule has 5 heteroatoms. The molecule has 2 fully saturated rings. The van der Waals surface area contributed by atoms with Crippen molar-refractivity contribution in [1.29, 1.82) is 0 Å². The number of hydrogen-bond donors (Lipinski definition) is 0. The third-order valence-electron chi connectivity index (χ3n) is 5.38. The van der Waals surface area contributed by atoms with Crippen molar-refractivity contribution in [2.45, 2.75) is 103 Å². The van der Waals surface area contributed by atoms with Crippen LogP contribution in [0.2, 0.25) is 0 Å². The van der Waals surface area contributed by atoms with Gasteiger partial charge in [0.05, 0.1) is 0 Å². The molecule has 0 radical (unpaired) electrons. The predicted molar refractivity (Wildman–Crippen MR) is 109 cm³/mol. The molecule has 2 unspecified atom stereocenters. The number of aliphatic imine (C=N–C) groups is 2. The molecule has 0 spiro atoms. The molecule has 25 heavy (non-hydrogen) atoms. The van der Waals surface area contributed by atoms with E-state index in [1.54, 1.807) is 0 Å². The Bertz CT molecular complexity index is 535. The Morgan fingerprint density at radius 1 is 0.640 bits per heavy atom. The molecule has 4 heterocycles. The first-order valence-corrected chi connectivity index (χ1v) is 9.41. The topological polar surface area (TPSA) is 52.9 Å². The van der Waals surface area contributed by atoms with Crippen LogP contribution in [-0.4, -0.2) is 56.9 Å². The van der Waals surface area contributed by atoms with E-state index in [0.29, 0.717) is 11.8 Å². The van der Waals surface area contributed by atoms with Crippen molar-refractivity contribution in [2.24, 2.45) is 21.8 Å². The fourth-order valence-corrected chi connectivity index (χ4v) is 4.76. The fourth-order valence-electron chi connectivity index (χ4n) is 4.76. The molecule has 0 aromatic heterocycles. The molecular formula is C20H34MgN4. The van der Waals surface area contributed by atoms with Gasteiger partial charge >= 0.3 is 23.1 Å². The minimum Gasteiger partial charge on any atom is -0.463 e. The van der Waals surface area contributed by atoms with Crippen molar-refractivity contribution in [3.05, 3.63) is 10.6 Å². The average Bonchev–Trinajstić information content (AvgIpc) is 2.89. The first kappa shape index (κ1) is 21.0. The predicted octanol–water partition coefficient (Wildman–Crippen LogP) is 5.10. The Kier molecular flexibility index (Phi) is 5.38. The van der Waals surface area contributed by atoms with Crippen LogP contribution in [0.1, 0.15) is 81.1 Å². The van der Waals surface area contributed by atoms with Gasteiger partial charge in [-0.3, -0.25) is 0 Å². The molecule has 2 atom stereocenters. The monoisotopic (exact) mass is 354 g/mol. The summed E-state index contributed by atoms with van der Waals surface area (Å²) in [6.45, 7) is 17.6. The van der Waals surface area contributed by atoms with E-state index in [0.717, 1.165) is 11.7 Å². The Labute approximate surface area is 170 Å². The Morgan fingerprint density at radius 3 is 1.24 bits per heavy atom. The molecule has 0 N–H and O–H groups in total. The minimum absolute atomic E-state index is 0. The van der Waals surface area contributed by atoms with Gasteiger partial charge in [0.15, 0.2) is 0 Å². The molecule has 2 saturated heterocycles. The first-order valence-electron chi connectivity index (χ1n) is 9.41. The first-order chi connectivity index (χ1) is 10.8. The molecule has 0 amide bonds. The molecule has 0 saturated carbocycles. The summed E-state index contributed by atoms with van der Waals surface area (Å²) in [5.41, 5.74) is 0.611. The van der Waals surface area contributed by atoms with Crippen LogP contribution in [0, 0.1) is 11.8 Å². The van der Waals surface area contributed by atoms with Crippen molar-refractivity contribution < 1.29 is 0 Å². The van der Waals surface area contributed by atoms with Crippen molar-refractivity contribution in [3.8, 4) is 0 Å². The van der Waals surface area contributed by atoms with Crippen LogP contribution in [0.4, 0.5) is 0 Å². The second-order valence-corrected chi connectivity index (χ2v) is 10.6. The number of rotatable bonds is 0. The second-order valence-electron chi connectivity index (χ2n) is 10.6. The second kappa shape index (κ2) is 6.40. The number of fused-ring (bicyclic) bond motifs is 2. The maximum atomic E-state index is 4.63. The largest absolute Gasteiger partial charge is 2.00 e. The average molecular weight is 355 g/mol. The Balaban J connectivity index is 0.000000173. The van der Waals surface area contributed by atoms with Crippen LogP contribution in [0.3, 0.4) is 0 Å². The third kappa shape index (κ3) is 4.91. The summed E-state index contributed by atoms with van der Waals surface area (Å²) in [5, 5.41) is 9.26. The van der Waals surface area contributed by atoms with Gasteiger partial charge in [0.25, 0.3) is 0 Å². The number of amidine groups is 2. The molecular weight excluding hydrogens is 321 g/mol. The van der Waals surface area contributed by atoms with Gasteiger partial charge in [0.2, 0.25) is 0 Å². The Hall–Kier alpha value is -0.294. The van der Waals surface area contributed by atoms with E-state index in [1.807, 2.05) is 0 Å². The van der Waals surface area contributed by atoms with Crippen molar-refractivity contribution in [1.82, 2.24) is 0 Å². The van der Waals surface area contributed by atoms with E-state index in [2.05, 4.69) is 76.0 Å². The minimum atomic E-state index is 0. The van der Waals surface area contributed by atoms with Crippen molar-refractivity contribution in [3.63, 3.8) is 0 Å². The third-order valence-corrected chi connectivity index (χ3v) is 5.38. The molecule has 4 nitrogen and oxygen atoms in total. The smallest absolute Gasteiger partial charge is 0.463 e. The molecule has 4 aliphatic rings. The quantitative estimate of drug-likeness (QED) is 0.543. The standard InChI is InChI=1S/2C10H17N2.Mg/c2*1-9(2)5-7-6-10(3,4)12-8(7)11-9;/h2*7H,5-6H2,1-4H3;/q2*-1;+2. The summed E-state index contributed by atoms with van der Waals surface area (Å²) in [5.74, 6) is 3.56. The van der Waals surface area contributed by atoms with E-state index in [9.17, 15) is 0 Å². The van der Waals surface area contributed by atoms with Gasteiger partial charge in [-0.1, -0.05) is 67.1 Å². The summed E-state index contributed by atoms with van der Waals surface area (Å²) in [4.78, 5) is 9.26. The van der Waals surface area contributed by atoms with Crippen molar-refractivity contribution >= 4 is 34.7 Å². The molecule has 4 aliphatic heterocycles. The van der Waals surface area contributed by atoms with E-state index in [-0.39, 0.29) is 45.2 Å². The number of nitrogens with zero attached hydrogens (tertiary/aromatic N) is 4. The van der Waals surface area contributed by atoms with Gasteiger partial charge in [-0.15, -0.1) is 0 Å². The van der Waals surface area contributed by atoms with E-state index in [4.69, 9.17) is 0 Å². The van der Waals surface area contributed by atoms with Crippen LogP contribution in [0.5, 0.6) is 0 Å².